The second-order valence-electron chi connectivity index (χ2n) is 3.54. The summed E-state index contributed by atoms with van der Waals surface area (Å²) in [7, 11) is 0. The number of aromatic amines is 1. The van der Waals surface area contributed by atoms with Crippen molar-refractivity contribution in [1.29, 1.82) is 0 Å². The number of aromatic carboxylic acids is 1. The lowest BCUT2D eigenvalue weighted by molar-refractivity contribution is 0.0691. The molecule has 2 N–H and O–H groups in total. The van der Waals surface area contributed by atoms with E-state index in [4.69, 9.17) is 14.6 Å². The van der Waals surface area contributed by atoms with E-state index >= 15 is 0 Å². The molecule has 0 saturated heterocycles. The zero-order valence-corrected chi connectivity index (χ0v) is 8.32. The monoisotopic (exact) mass is 219 g/mol. The molecule has 3 rings (SSSR count). The predicted octanol–water partition coefficient (Wildman–Crippen LogP) is 1.64. The van der Waals surface area contributed by atoms with Crippen molar-refractivity contribution in [2.75, 3.05) is 13.2 Å². The first kappa shape index (κ1) is 9.08. The van der Waals surface area contributed by atoms with Crippen LogP contribution in [0.3, 0.4) is 0 Å². The quantitative estimate of drug-likeness (QED) is 0.764. The Bertz CT molecular complexity index is 573. The summed E-state index contributed by atoms with van der Waals surface area (Å²) in [5.41, 5.74) is 0.888. The Morgan fingerprint density at radius 2 is 2.12 bits per heavy atom. The van der Waals surface area contributed by atoms with Gasteiger partial charge in [-0.2, -0.15) is 0 Å². The van der Waals surface area contributed by atoms with Crippen LogP contribution >= 0.6 is 0 Å². The molecule has 0 spiro atoms. The summed E-state index contributed by atoms with van der Waals surface area (Å²) in [6.45, 7) is 1.01. The van der Waals surface area contributed by atoms with Crippen LogP contribution in [0.5, 0.6) is 11.5 Å². The predicted molar refractivity (Wildman–Crippen MR) is 56.2 cm³/mol. The fourth-order valence-corrected chi connectivity index (χ4v) is 1.83. The van der Waals surface area contributed by atoms with Crippen molar-refractivity contribution < 1.29 is 19.4 Å². The van der Waals surface area contributed by atoms with Crippen molar-refractivity contribution in [3.63, 3.8) is 0 Å². The molecule has 0 unspecified atom stereocenters. The Morgan fingerprint density at radius 3 is 2.94 bits per heavy atom. The van der Waals surface area contributed by atoms with E-state index in [0.717, 1.165) is 10.9 Å². The second-order valence-corrected chi connectivity index (χ2v) is 3.54. The third-order valence-electron chi connectivity index (χ3n) is 2.54. The van der Waals surface area contributed by atoms with Gasteiger partial charge in [0.15, 0.2) is 11.5 Å². The zero-order chi connectivity index (χ0) is 11.1. The SMILES string of the molecule is O=C(O)c1cc2c3c(ccc2[nH]1)OCCO3. The summed E-state index contributed by atoms with van der Waals surface area (Å²) in [6, 6.07) is 5.12. The molecule has 1 aromatic heterocycles. The Labute approximate surface area is 90.6 Å². The van der Waals surface area contributed by atoms with E-state index in [2.05, 4.69) is 4.98 Å². The van der Waals surface area contributed by atoms with E-state index in [1.54, 1.807) is 18.2 Å². The lowest BCUT2D eigenvalue weighted by Gasteiger charge is -2.18. The molecular formula is C11H9NO4. The number of fused-ring (bicyclic) bond motifs is 3. The number of H-pyrrole nitrogens is 1. The third-order valence-corrected chi connectivity index (χ3v) is 2.54. The molecule has 0 amide bonds. The van der Waals surface area contributed by atoms with Crippen LogP contribution in [-0.4, -0.2) is 29.3 Å². The van der Waals surface area contributed by atoms with E-state index in [0.29, 0.717) is 24.7 Å². The van der Waals surface area contributed by atoms with Gasteiger partial charge in [0.05, 0.1) is 5.52 Å². The van der Waals surface area contributed by atoms with Crippen molar-refractivity contribution in [2.24, 2.45) is 0 Å². The number of benzene rings is 1. The van der Waals surface area contributed by atoms with Gasteiger partial charge < -0.3 is 19.6 Å². The van der Waals surface area contributed by atoms with Crippen molar-refractivity contribution in [2.45, 2.75) is 0 Å². The average Bonchev–Trinajstić information content (AvgIpc) is 2.73. The molecule has 82 valence electrons. The summed E-state index contributed by atoms with van der Waals surface area (Å²) < 4.78 is 10.9. The highest BCUT2D eigenvalue weighted by Crippen LogP contribution is 2.37. The minimum atomic E-state index is -0.985. The number of carboxylic acid groups (broad SMARTS) is 1. The van der Waals surface area contributed by atoms with Gasteiger partial charge in [0.25, 0.3) is 0 Å². The van der Waals surface area contributed by atoms with Gasteiger partial charge in [-0.1, -0.05) is 0 Å². The maximum Gasteiger partial charge on any atom is 0.352 e. The number of nitrogens with one attached hydrogen (secondary N) is 1. The molecular weight excluding hydrogens is 210 g/mol. The Hall–Kier alpha value is -2.17. The molecule has 0 aliphatic carbocycles. The van der Waals surface area contributed by atoms with Gasteiger partial charge in [-0.25, -0.2) is 4.79 Å². The van der Waals surface area contributed by atoms with Crippen molar-refractivity contribution in [3.8, 4) is 11.5 Å². The van der Waals surface area contributed by atoms with Crippen molar-refractivity contribution in [3.05, 3.63) is 23.9 Å². The fourth-order valence-electron chi connectivity index (χ4n) is 1.83. The van der Waals surface area contributed by atoms with Crippen LogP contribution in [-0.2, 0) is 0 Å². The molecule has 0 fully saturated rings. The molecule has 2 heterocycles. The Kier molecular flexibility index (Phi) is 1.80. The molecule has 5 heteroatoms. The highest BCUT2D eigenvalue weighted by Gasteiger charge is 2.18. The highest BCUT2D eigenvalue weighted by atomic mass is 16.6. The van der Waals surface area contributed by atoms with Crippen LogP contribution in [0.15, 0.2) is 18.2 Å². The van der Waals surface area contributed by atoms with Gasteiger partial charge in [-0.05, 0) is 18.2 Å². The molecule has 1 aliphatic rings. The zero-order valence-electron chi connectivity index (χ0n) is 8.32. The summed E-state index contributed by atoms with van der Waals surface area (Å²) in [5, 5.41) is 9.63. The molecule has 0 saturated carbocycles. The smallest absolute Gasteiger partial charge is 0.352 e. The van der Waals surface area contributed by atoms with Crippen LogP contribution in [0.4, 0.5) is 0 Å². The van der Waals surface area contributed by atoms with Gasteiger partial charge in [-0.3, -0.25) is 0 Å². The minimum absolute atomic E-state index is 0.151. The lowest BCUT2D eigenvalue weighted by Crippen LogP contribution is -2.15. The first-order valence-corrected chi connectivity index (χ1v) is 4.90. The number of rotatable bonds is 1. The lowest BCUT2D eigenvalue weighted by atomic mass is 10.2. The average molecular weight is 219 g/mol. The van der Waals surface area contributed by atoms with Gasteiger partial charge in [0.2, 0.25) is 0 Å². The molecule has 1 aliphatic heterocycles. The van der Waals surface area contributed by atoms with E-state index in [9.17, 15) is 4.79 Å². The van der Waals surface area contributed by atoms with E-state index in [-0.39, 0.29) is 5.69 Å². The normalized spacial score (nSPS) is 14.0. The summed E-state index contributed by atoms with van der Waals surface area (Å²) in [6.07, 6.45) is 0. The molecule has 16 heavy (non-hydrogen) atoms. The van der Waals surface area contributed by atoms with Crippen LogP contribution in [0, 0.1) is 0 Å². The minimum Gasteiger partial charge on any atom is -0.486 e. The highest BCUT2D eigenvalue weighted by molar-refractivity contribution is 5.97. The number of ether oxygens (including phenoxy) is 2. The van der Waals surface area contributed by atoms with Crippen molar-refractivity contribution in [1.82, 2.24) is 4.98 Å². The van der Waals surface area contributed by atoms with E-state index < -0.39 is 5.97 Å². The fraction of sp³-hybridized carbons (Fsp3) is 0.182. The van der Waals surface area contributed by atoms with E-state index in [1.807, 2.05) is 0 Å². The van der Waals surface area contributed by atoms with Crippen LogP contribution < -0.4 is 9.47 Å². The topological polar surface area (TPSA) is 71.5 Å². The standard InChI is InChI=1S/C11H9NO4/c13-11(14)8-5-6-7(12-8)1-2-9-10(6)16-4-3-15-9/h1-2,5,12H,3-4H2,(H,13,14). The number of carboxylic acids is 1. The third kappa shape index (κ3) is 1.21. The largest absolute Gasteiger partial charge is 0.486 e. The van der Waals surface area contributed by atoms with Gasteiger partial charge >= 0.3 is 5.97 Å². The Morgan fingerprint density at radius 1 is 1.31 bits per heavy atom. The van der Waals surface area contributed by atoms with Crippen LogP contribution in [0.2, 0.25) is 0 Å². The van der Waals surface area contributed by atoms with Gasteiger partial charge in [0, 0.05) is 5.39 Å². The number of hydrogen-bond donors (Lipinski definition) is 2. The molecule has 0 atom stereocenters. The summed E-state index contributed by atoms with van der Waals surface area (Å²) >= 11 is 0. The van der Waals surface area contributed by atoms with E-state index in [1.165, 1.54) is 0 Å². The number of carbonyl (C=O) groups is 1. The summed E-state index contributed by atoms with van der Waals surface area (Å²) in [4.78, 5) is 13.6. The number of aromatic nitrogens is 1. The maximum absolute atomic E-state index is 10.8. The second kappa shape index (κ2) is 3.16. The van der Waals surface area contributed by atoms with Crippen LogP contribution in [0.25, 0.3) is 10.9 Å². The first-order valence-electron chi connectivity index (χ1n) is 4.90. The van der Waals surface area contributed by atoms with Gasteiger partial charge in [-0.15, -0.1) is 0 Å². The molecule has 5 nitrogen and oxygen atoms in total. The molecule has 0 radical (unpaired) electrons. The summed E-state index contributed by atoms with van der Waals surface area (Å²) in [5.74, 6) is 0.295. The first-order chi connectivity index (χ1) is 7.75. The van der Waals surface area contributed by atoms with Crippen molar-refractivity contribution >= 4 is 16.9 Å². The number of hydrogen-bond acceptors (Lipinski definition) is 3. The maximum atomic E-state index is 10.8. The molecule has 1 aromatic carbocycles. The molecule has 0 bridgehead atoms. The molecule has 2 aromatic rings. The van der Waals surface area contributed by atoms with Crippen LogP contribution in [0.1, 0.15) is 10.5 Å². The van der Waals surface area contributed by atoms with Gasteiger partial charge in [0.1, 0.15) is 18.9 Å². The Balaban J connectivity index is 2.26.